The average molecular weight is 364 g/mol. The van der Waals surface area contributed by atoms with Gasteiger partial charge in [-0.05, 0) is 18.9 Å². The molecule has 0 spiro atoms. The van der Waals surface area contributed by atoms with Crippen LogP contribution in [-0.2, 0) is 4.79 Å². The number of ketones is 1. The van der Waals surface area contributed by atoms with Crippen molar-refractivity contribution in [1.29, 1.82) is 0 Å². The Balaban J connectivity index is 1.65. The molecule has 1 aliphatic rings. The summed E-state index contributed by atoms with van der Waals surface area (Å²) in [7, 11) is 0. The van der Waals surface area contributed by atoms with Gasteiger partial charge in [0.1, 0.15) is 0 Å². The third kappa shape index (κ3) is 4.82. The van der Waals surface area contributed by atoms with Gasteiger partial charge in [-0.2, -0.15) is 0 Å². The van der Waals surface area contributed by atoms with Gasteiger partial charge in [0.05, 0.1) is 5.56 Å². The standard InChI is InChI=1S/C22H24N2O3/c25-20-13-5-2-8-15-24(20)16-14-23-22(27)19-12-7-6-11-18(19)21(26)17-9-3-1-4-10-17/h1,3-4,6-7,9-12H,2,5,8,13-16H2,(H,23,27). The van der Waals surface area contributed by atoms with E-state index in [0.717, 1.165) is 25.8 Å². The van der Waals surface area contributed by atoms with Gasteiger partial charge in [-0.1, -0.05) is 55.0 Å². The molecule has 2 aromatic carbocycles. The minimum atomic E-state index is -0.294. The third-order valence-corrected chi connectivity index (χ3v) is 4.79. The molecule has 0 atom stereocenters. The van der Waals surface area contributed by atoms with Gasteiger partial charge >= 0.3 is 0 Å². The molecule has 1 fully saturated rings. The van der Waals surface area contributed by atoms with Crippen molar-refractivity contribution in [2.75, 3.05) is 19.6 Å². The highest BCUT2D eigenvalue weighted by molar-refractivity contribution is 6.15. The van der Waals surface area contributed by atoms with Crippen LogP contribution in [0.3, 0.4) is 0 Å². The summed E-state index contributed by atoms with van der Waals surface area (Å²) in [5.74, 6) is -0.317. The molecule has 0 bridgehead atoms. The van der Waals surface area contributed by atoms with Gasteiger partial charge in [0.2, 0.25) is 5.91 Å². The zero-order valence-corrected chi connectivity index (χ0v) is 15.3. The first-order valence-electron chi connectivity index (χ1n) is 9.41. The molecule has 5 heteroatoms. The molecule has 5 nitrogen and oxygen atoms in total. The SMILES string of the molecule is O=C(NCCN1CCCCCC1=O)c1ccccc1C(=O)c1ccccc1. The summed E-state index contributed by atoms with van der Waals surface area (Å²) >= 11 is 0. The molecule has 27 heavy (non-hydrogen) atoms. The zero-order chi connectivity index (χ0) is 19.1. The van der Waals surface area contributed by atoms with Crippen LogP contribution in [0.2, 0.25) is 0 Å². The monoisotopic (exact) mass is 364 g/mol. The van der Waals surface area contributed by atoms with Crippen molar-refractivity contribution >= 4 is 17.6 Å². The van der Waals surface area contributed by atoms with E-state index < -0.39 is 0 Å². The highest BCUT2D eigenvalue weighted by Crippen LogP contribution is 2.15. The highest BCUT2D eigenvalue weighted by atomic mass is 16.2. The number of likely N-dealkylation sites (tertiary alicyclic amines) is 1. The van der Waals surface area contributed by atoms with Gasteiger partial charge in [-0.15, -0.1) is 0 Å². The van der Waals surface area contributed by atoms with Crippen molar-refractivity contribution in [3.8, 4) is 0 Å². The van der Waals surface area contributed by atoms with Crippen LogP contribution < -0.4 is 5.32 Å². The van der Waals surface area contributed by atoms with Crippen molar-refractivity contribution in [3.63, 3.8) is 0 Å². The molecule has 1 N–H and O–H groups in total. The van der Waals surface area contributed by atoms with E-state index in [-0.39, 0.29) is 17.6 Å². The minimum Gasteiger partial charge on any atom is -0.350 e. The number of rotatable bonds is 6. The Kier molecular flexibility index (Phi) is 6.36. The van der Waals surface area contributed by atoms with Crippen LogP contribution in [0, 0.1) is 0 Å². The number of hydrogen-bond acceptors (Lipinski definition) is 3. The number of nitrogens with one attached hydrogen (secondary N) is 1. The topological polar surface area (TPSA) is 66.5 Å². The lowest BCUT2D eigenvalue weighted by Gasteiger charge is -2.20. The maximum absolute atomic E-state index is 12.7. The van der Waals surface area contributed by atoms with Crippen molar-refractivity contribution in [2.45, 2.75) is 25.7 Å². The summed E-state index contributed by atoms with van der Waals surface area (Å²) in [5.41, 5.74) is 1.29. The second kappa shape index (κ2) is 9.12. The quantitative estimate of drug-likeness (QED) is 0.801. The summed E-state index contributed by atoms with van der Waals surface area (Å²) in [6.45, 7) is 1.62. The number of carbonyl (C=O) groups is 3. The number of carbonyl (C=O) groups excluding carboxylic acids is 3. The summed E-state index contributed by atoms with van der Waals surface area (Å²) < 4.78 is 0. The van der Waals surface area contributed by atoms with E-state index in [2.05, 4.69) is 5.32 Å². The Morgan fingerprint density at radius 1 is 0.889 bits per heavy atom. The maximum Gasteiger partial charge on any atom is 0.252 e. The fraction of sp³-hybridized carbons (Fsp3) is 0.318. The van der Waals surface area contributed by atoms with Crippen molar-refractivity contribution in [3.05, 3.63) is 71.3 Å². The number of hydrogen-bond donors (Lipinski definition) is 1. The molecule has 2 aromatic rings. The van der Waals surface area contributed by atoms with E-state index in [9.17, 15) is 14.4 Å². The molecule has 140 valence electrons. The van der Waals surface area contributed by atoms with Gasteiger partial charge < -0.3 is 10.2 Å². The number of benzene rings is 2. The molecule has 2 amide bonds. The van der Waals surface area contributed by atoms with Crippen LogP contribution in [0.25, 0.3) is 0 Å². The van der Waals surface area contributed by atoms with Crippen LogP contribution in [0.5, 0.6) is 0 Å². The second-order valence-corrected chi connectivity index (χ2v) is 6.69. The van der Waals surface area contributed by atoms with E-state index in [4.69, 9.17) is 0 Å². The third-order valence-electron chi connectivity index (χ3n) is 4.79. The summed E-state index contributed by atoms with van der Waals surface area (Å²) in [4.78, 5) is 39.2. The molecule has 0 saturated carbocycles. The van der Waals surface area contributed by atoms with Crippen molar-refractivity contribution in [1.82, 2.24) is 10.2 Å². The predicted octanol–water partition coefficient (Wildman–Crippen LogP) is 3.05. The van der Waals surface area contributed by atoms with Gasteiger partial charge in [0, 0.05) is 37.2 Å². The molecule has 0 aliphatic carbocycles. The van der Waals surface area contributed by atoms with E-state index in [1.54, 1.807) is 48.5 Å². The predicted molar refractivity (Wildman–Crippen MR) is 104 cm³/mol. The molecule has 1 saturated heterocycles. The Morgan fingerprint density at radius 2 is 1.59 bits per heavy atom. The minimum absolute atomic E-state index is 0.154. The van der Waals surface area contributed by atoms with Crippen molar-refractivity contribution < 1.29 is 14.4 Å². The van der Waals surface area contributed by atoms with Crippen molar-refractivity contribution in [2.24, 2.45) is 0 Å². The Hall–Kier alpha value is -2.95. The van der Waals surface area contributed by atoms with E-state index in [1.807, 2.05) is 11.0 Å². The van der Waals surface area contributed by atoms with Gasteiger partial charge in [-0.3, -0.25) is 14.4 Å². The largest absolute Gasteiger partial charge is 0.350 e. The van der Waals surface area contributed by atoms with Crippen LogP contribution >= 0.6 is 0 Å². The van der Waals surface area contributed by atoms with Crippen LogP contribution in [0.4, 0.5) is 0 Å². The lowest BCUT2D eigenvalue weighted by molar-refractivity contribution is -0.130. The van der Waals surface area contributed by atoms with Crippen LogP contribution in [-0.4, -0.2) is 42.1 Å². The number of amides is 2. The van der Waals surface area contributed by atoms with Gasteiger partial charge in [0.25, 0.3) is 5.91 Å². The van der Waals surface area contributed by atoms with E-state index >= 15 is 0 Å². The molecular weight excluding hydrogens is 340 g/mol. The maximum atomic E-state index is 12.7. The van der Waals surface area contributed by atoms with Crippen LogP contribution in [0.1, 0.15) is 52.0 Å². The Labute approximate surface area is 159 Å². The number of nitrogens with zero attached hydrogens (tertiary/aromatic N) is 1. The second-order valence-electron chi connectivity index (χ2n) is 6.69. The first kappa shape index (κ1) is 18.8. The summed E-state index contributed by atoms with van der Waals surface area (Å²) in [6, 6.07) is 15.7. The molecule has 1 heterocycles. The van der Waals surface area contributed by atoms with E-state index in [0.29, 0.717) is 36.2 Å². The molecule has 0 radical (unpaired) electrons. The van der Waals surface area contributed by atoms with Gasteiger partial charge in [-0.25, -0.2) is 0 Å². The first-order chi connectivity index (χ1) is 13.2. The molecule has 1 aliphatic heterocycles. The molecule has 3 rings (SSSR count). The lowest BCUT2D eigenvalue weighted by atomic mass is 9.98. The summed E-state index contributed by atoms with van der Waals surface area (Å²) in [6.07, 6.45) is 3.61. The molecular formula is C22H24N2O3. The Bertz CT molecular complexity index is 817. The Morgan fingerprint density at radius 3 is 2.37 bits per heavy atom. The highest BCUT2D eigenvalue weighted by Gasteiger charge is 2.19. The van der Waals surface area contributed by atoms with E-state index in [1.165, 1.54) is 0 Å². The lowest BCUT2D eigenvalue weighted by Crippen LogP contribution is -2.38. The zero-order valence-electron chi connectivity index (χ0n) is 15.3. The molecule has 0 unspecified atom stereocenters. The fourth-order valence-electron chi connectivity index (χ4n) is 3.30. The van der Waals surface area contributed by atoms with Crippen LogP contribution in [0.15, 0.2) is 54.6 Å². The van der Waals surface area contributed by atoms with Gasteiger partial charge in [0.15, 0.2) is 5.78 Å². The normalized spacial score (nSPS) is 14.5. The fourth-order valence-corrected chi connectivity index (χ4v) is 3.30. The smallest absolute Gasteiger partial charge is 0.252 e. The molecule has 0 aromatic heterocycles. The first-order valence-corrected chi connectivity index (χ1v) is 9.41. The summed E-state index contributed by atoms with van der Waals surface area (Å²) in [5, 5.41) is 2.85. The average Bonchev–Trinajstić information content (AvgIpc) is 2.92.